The molecule has 2 aromatic rings. The van der Waals surface area contributed by atoms with Crippen LogP contribution >= 0.6 is 0 Å². The second kappa shape index (κ2) is 5.12. The van der Waals surface area contributed by atoms with Gasteiger partial charge in [0.25, 0.3) is 0 Å². The summed E-state index contributed by atoms with van der Waals surface area (Å²) in [6.45, 7) is 8.19. The van der Waals surface area contributed by atoms with Crippen LogP contribution in [0.25, 0.3) is 11.1 Å². The average molecular weight is 268 g/mol. The van der Waals surface area contributed by atoms with Crippen molar-refractivity contribution >= 4 is 5.97 Å². The Kier molecular flexibility index (Phi) is 3.67. The van der Waals surface area contributed by atoms with Crippen molar-refractivity contribution in [1.29, 1.82) is 0 Å². The first-order valence-corrected chi connectivity index (χ1v) is 6.74. The van der Waals surface area contributed by atoms with E-state index in [-0.39, 0.29) is 5.41 Å². The summed E-state index contributed by atoms with van der Waals surface area (Å²) in [5.74, 6) is -0.871. The molecular weight excluding hydrogens is 248 g/mol. The number of aromatic carboxylic acids is 1. The van der Waals surface area contributed by atoms with Gasteiger partial charge in [-0.25, -0.2) is 4.79 Å². The van der Waals surface area contributed by atoms with Gasteiger partial charge >= 0.3 is 5.97 Å². The van der Waals surface area contributed by atoms with Crippen molar-refractivity contribution in [2.45, 2.75) is 33.1 Å². The first-order valence-electron chi connectivity index (χ1n) is 6.74. The largest absolute Gasteiger partial charge is 0.478 e. The van der Waals surface area contributed by atoms with Crippen LogP contribution in [0, 0.1) is 6.92 Å². The summed E-state index contributed by atoms with van der Waals surface area (Å²) < 4.78 is 0. The minimum atomic E-state index is -0.871. The fourth-order valence-electron chi connectivity index (χ4n) is 2.51. The van der Waals surface area contributed by atoms with Gasteiger partial charge < -0.3 is 5.11 Å². The van der Waals surface area contributed by atoms with Crippen LogP contribution < -0.4 is 0 Å². The maximum atomic E-state index is 11.5. The molecule has 0 aliphatic rings. The summed E-state index contributed by atoms with van der Waals surface area (Å²) >= 11 is 0. The lowest BCUT2D eigenvalue weighted by Crippen LogP contribution is -2.18. The van der Waals surface area contributed by atoms with Gasteiger partial charge in [0.2, 0.25) is 0 Å². The Labute approximate surface area is 120 Å². The van der Waals surface area contributed by atoms with Crippen LogP contribution in [0.5, 0.6) is 0 Å². The average Bonchev–Trinajstić information content (AvgIpc) is 2.37. The van der Waals surface area contributed by atoms with Crippen LogP contribution in [0.4, 0.5) is 0 Å². The summed E-state index contributed by atoms with van der Waals surface area (Å²) in [7, 11) is 0. The molecular formula is C18H20O2. The third-order valence-electron chi connectivity index (χ3n) is 3.41. The van der Waals surface area contributed by atoms with E-state index in [4.69, 9.17) is 0 Å². The summed E-state index contributed by atoms with van der Waals surface area (Å²) in [5.41, 5.74) is 4.29. The van der Waals surface area contributed by atoms with E-state index in [1.54, 1.807) is 6.07 Å². The normalized spacial score (nSPS) is 11.4. The Hall–Kier alpha value is -2.09. The van der Waals surface area contributed by atoms with Crippen molar-refractivity contribution in [2.75, 3.05) is 0 Å². The van der Waals surface area contributed by atoms with Crippen LogP contribution in [0.3, 0.4) is 0 Å². The Morgan fingerprint density at radius 3 is 2.10 bits per heavy atom. The predicted octanol–water partition coefficient (Wildman–Crippen LogP) is 4.66. The van der Waals surface area contributed by atoms with Crippen molar-refractivity contribution < 1.29 is 9.90 Å². The molecule has 0 saturated heterocycles. The quantitative estimate of drug-likeness (QED) is 0.860. The smallest absolute Gasteiger partial charge is 0.336 e. The van der Waals surface area contributed by atoms with Crippen LogP contribution in [0.1, 0.15) is 42.3 Å². The predicted molar refractivity (Wildman–Crippen MR) is 82.3 cm³/mol. The summed E-state index contributed by atoms with van der Waals surface area (Å²) in [6, 6.07) is 13.7. The molecule has 1 N–H and O–H groups in total. The summed E-state index contributed by atoms with van der Waals surface area (Å²) in [4.78, 5) is 11.5. The number of aryl methyl sites for hydroxylation is 1. The molecule has 0 unspecified atom stereocenters. The molecule has 0 radical (unpaired) electrons. The molecule has 2 aromatic carbocycles. The second-order valence-electron chi connectivity index (χ2n) is 6.15. The number of hydrogen-bond acceptors (Lipinski definition) is 1. The number of hydrogen-bond donors (Lipinski definition) is 1. The molecule has 0 saturated carbocycles. The first kappa shape index (κ1) is 14.3. The lowest BCUT2D eigenvalue weighted by Gasteiger charge is -2.25. The zero-order valence-electron chi connectivity index (χ0n) is 12.4. The van der Waals surface area contributed by atoms with Gasteiger partial charge in [0.1, 0.15) is 0 Å². The molecule has 0 atom stereocenters. The number of carboxylic acids is 1. The molecule has 2 nitrogen and oxygen atoms in total. The maximum absolute atomic E-state index is 11.5. The van der Waals surface area contributed by atoms with E-state index in [0.29, 0.717) is 5.56 Å². The number of benzene rings is 2. The molecule has 20 heavy (non-hydrogen) atoms. The topological polar surface area (TPSA) is 37.3 Å². The van der Waals surface area contributed by atoms with Gasteiger partial charge in [0.05, 0.1) is 5.56 Å². The monoisotopic (exact) mass is 268 g/mol. The SMILES string of the molecule is Cc1ccc(-c2cccc(C(=O)O)c2C(C)(C)C)cc1. The third-order valence-corrected chi connectivity index (χ3v) is 3.41. The summed E-state index contributed by atoms with van der Waals surface area (Å²) in [6.07, 6.45) is 0. The molecule has 0 aliphatic carbocycles. The number of carbonyl (C=O) groups is 1. The minimum absolute atomic E-state index is 0.227. The van der Waals surface area contributed by atoms with Gasteiger partial charge in [-0.2, -0.15) is 0 Å². The molecule has 2 heteroatoms. The fraction of sp³-hybridized carbons (Fsp3) is 0.278. The lowest BCUT2D eigenvalue weighted by molar-refractivity contribution is 0.0694. The highest BCUT2D eigenvalue weighted by Crippen LogP contribution is 2.35. The van der Waals surface area contributed by atoms with E-state index in [1.165, 1.54) is 5.56 Å². The van der Waals surface area contributed by atoms with Crippen molar-refractivity contribution in [3.8, 4) is 11.1 Å². The van der Waals surface area contributed by atoms with Crippen LogP contribution in [-0.2, 0) is 5.41 Å². The Bertz CT molecular complexity index is 631. The van der Waals surface area contributed by atoms with Gasteiger partial charge in [0.15, 0.2) is 0 Å². The Morgan fingerprint density at radius 1 is 1.00 bits per heavy atom. The Morgan fingerprint density at radius 2 is 1.60 bits per heavy atom. The van der Waals surface area contributed by atoms with Gasteiger partial charge in [-0.15, -0.1) is 0 Å². The maximum Gasteiger partial charge on any atom is 0.336 e. The number of rotatable bonds is 2. The zero-order chi connectivity index (χ0) is 14.9. The number of carboxylic acid groups (broad SMARTS) is 1. The molecule has 0 fully saturated rings. The van der Waals surface area contributed by atoms with Crippen molar-refractivity contribution in [1.82, 2.24) is 0 Å². The molecule has 0 amide bonds. The molecule has 2 rings (SSSR count). The molecule has 0 aliphatic heterocycles. The second-order valence-corrected chi connectivity index (χ2v) is 6.15. The molecule has 0 spiro atoms. The van der Waals surface area contributed by atoms with E-state index >= 15 is 0 Å². The highest BCUT2D eigenvalue weighted by Gasteiger charge is 2.25. The van der Waals surface area contributed by atoms with Crippen LogP contribution in [0.15, 0.2) is 42.5 Å². The standard InChI is InChI=1S/C18H20O2/c1-12-8-10-13(11-9-12)14-6-5-7-15(17(19)20)16(14)18(2,3)4/h5-11H,1-4H3,(H,19,20). The van der Waals surface area contributed by atoms with E-state index in [1.807, 2.05) is 52.0 Å². The highest BCUT2D eigenvalue weighted by atomic mass is 16.4. The molecule has 104 valence electrons. The van der Waals surface area contributed by atoms with E-state index in [9.17, 15) is 9.90 Å². The van der Waals surface area contributed by atoms with E-state index in [2.05, 4.69) is 12.1 Å². The summed E-state index contributed by atoms with van der Waals surface area (Å²) in [5, 5.41) is 9.44. The van der Waals surface area contributed by atoms with Gasteiger partial charge in [0, 0.05) is 0 Å². The van der Waals surface area contributed by atoms with Crippen LogP contribution in [0.2, 0.25) is 0 Å². The molecule has 0 bridgehead atoms. The minimum Gasteiger partial charge on any atom is -0.478 e. The van der Waals surface area contributed by atoms with Crippen molar-refractivity contribution in [3.63, 3.8) is 0 Å². The molecule has 0 aromatic heterocycles. The van der Waals surface area contributed by atoms with Gasteiger partial charge in [-0.1, -0.05) is 62.7 Å². The lowest BCUT2D eigenvalue weighted by atomic mass is 9.79. The zero-order valence-corrected chi connectivity index (χ0v) is 12.4. The van der Waals surface area contributed by atoms with Gasteiger partial charge in [-0.05, 0) is 35.1 Å². The van der Waals surface area contributed by atoms with E-state index < -0.39 is 5.97 Å². The van der Waals surface area contributed by atoms with Crippen molar-refractivity contribution in [2.24, 2.45) is 0 Å². The fourth-order valence-corrected chi connectivity index (χ4v) is 2.51. The van der Waals surface area contributed by atoms with Gasteiger partial charge in [-0.3, -0.25) is 0 Å². The highest BCUT2D eigenvalue weighted by molar-refractivity contribution is 5.93. The molecule has 0 heterocycles. The van der Waals surface area contributed by atoms with E-state index in [0.717, 1.165) is 16.7 Å². The first-order chi connectivity index (χ1) is 9.30. The third kappa shape index (κ3) is 2.74. The van der Waals surface area contributed by atoms with Crippen molar-refractivity contribution in [3.05, 3.63) is 59.2 Å². The van der Waals surface area contributed by atoms with Crippen LogP contribution in [-0.4, -0.2) is 11.1 Å². The Balaban J connectivity index is 2.73.